The number of rotatable bonds is 3. The third-order valence-corrected chi connectivity index (χ3v) is 3.89. The first-order valence-corrected chi connectivity index (χ1v) is 6.67. The van der Waals surface area contributed by atoms with Gasteiger partial charge in [0.15, 0.2) is 0 Å². The largest absolute Gasteiger partial charge is 0.506 e. The molecule has 0 bridgehead atoms. The van der Waals surface area contributed by atoms with Crippen molar-refractivity contribution in [2.75, 3.05) is 0 Å². The Kier molecular flexibility index (Phi) is 4.19. The van der Waals surface area contributed by atoms with Crippen molar-refractivity contribution < 1.29 is 23.1 Å². The number of carbonyl (C=O) groups is 1. The maximum atomic E-state index is 12.5. The van der Waals surface area contributed by atoms with Gasteiger partial charge >= 0.3 is 6.18 Å². The molecule has 0 unspecified atom stereocenters. The molecule has 0 radical (unpaired) electrons. The van der Waals surface area contributed by atoms with Crippen LogP contribution in [0.1, 0.15) is 11.1 Å². The number of benzene rings is 1. The van der Waals surface area contributed by atoms with E-state index in [0.29, 0.717) is 16.0 Å². The van der Waals surface area contributed by atoms with Gasteiger partial charge in [0.2, 0.25) is 5.91 Å². The summed E-state index contributed by atoms with van der Waals surface area (Å²) in [5.74, 6) is 4.37. The number of nitrogens with two attached hydrogens (primary N) is 1. The van der Waals surface area contributed by atoms with Crippen LogP contribution in [0.15, 0.2) is 29.6 Å². The van der Waals surface area contributed by atoms with Gasteiger partial charge in [-0.05, 0) is 23.1 Å². The van der Waals surface area contributed by atoms with Crippen molar-refractivity contribution in [1.29, 1.82) is 0 Å². The predicted molar refractivity (Wildman–Crippen MR) is 72.5 cm³/mol. The van der Waals surface area contributed by atoms with Gasteiger partial charge < -0.3 is 5.11 Å². The lowest BCUT2D eigenvalue weighted by Gasteiger charge is -2.07. The first kappa shape index (κ1) is 15.3. The fourth-order valence-corrected chi connectivity index (χ4v) is 2.72. The second-order valence-electron chi connectivity index (χ2n) is 4.26. The van der Waals surface area contributed by atoms with E-state index >= 15 is 0 Å². The van der Waals surface area contributed by atoms with E-state index in [1.54, 1.807) is 5.38 Å². The maximum Gasteiger partial charge on any atom is 0.416 e. The van der Waals surface area contributed by atoms with Gasteiger partial charge in [-0.1, -0.05) is 12.1 Å². The molecule has 4 nitrogen and oxygen atoms in total. The molecular formula is C13H11F3N2O2S. The minimum absolute atomic E-state index is 0.0977. The Morgan fingerprint density at radius 1 is 1.29 bits per heavy atom. The molecule has 0 aliphatic heterocycles. The molecule has 1 aromatic carbocycles. The van der Waals surface area contributed by atoms with Crippen LogP contribution in [0.4, 0.5) is 13.2 Å². The molecule has 8 heteroatoms. The molecule has 2 rings (SSSR count). The zero-order valence-corrected chi connectivity index (χ0v) is 11.4. The topological polar surface area (TPSA) is 75.3 Å². The van der Waals surface area contributed by atoms with E-state index in [1.165, 1.54) is 12.1 Å². The van der Waals surface area contributed by atoms with Crippen molar-refractivity contribution in [1.82, 2.24) is 5.43 Å². The first-order valence-electron chi connectivity index (χ1n) is 5.79. The van der Waals surface area contributed by atoms with Crippen molar-refractivity contribution in [3.05, 3.63) is 40.8 Å². The van der Waals surface area contributed by atoms with Crippen LogP contribution in [0, 0.1) is 0 Å². The SMILES string of the molecule is NNC(=O)Cc1csc(-c2ccc(C(F)(F)F)cc2)c1O. The average Bonchev–Trinajstić information content (AvgIpc) is 2.79. The molecule has 1 heterocycles. The number of thiophene rings is 1. The Labute approximate surface area is 122 Å². The van der Waals surface area contributed by atoms with Crippen molar-refractivity contribution in [3.8, 4) is 16.2 Å². The van der Waals surface area contributed by atoms with E-state index in [-0.39, 0.29) is 12.2 Å². The molecular weight excluding hydrogens is 305 g/mol. The minimum Gasteiger partial charge on any atom is -0.506 e. The molecule has 0 saturated heterocycles. The average molecular weight is 316 g/mol. The molecule has 0 saturated carbocycles. The molecule has 1 aromatic heterocycles. The fraction of sp³-hybridized carbons (Fsp3) is 0.154. The molecule has 0 atom stereocenters. The summed E-state index contributed by atoms with van der Waals surface area (Å²) in [5, 5.41) is 11.6. The highest BCUT2D eigenvalue weighted by atomic mass is 32.1. The van der Waals surface area contributed by atoms with Gasteiger partial charge in [-0.25, -0.2) is 5.84 Å². The Hall–Kier alpha value is -2.06. The van der Waals surface area contributed by atoms with Crippen LogP contribution < -0.4 is 11.3 Å². The summed E-state index contributed by atoms with van der Waals surface area (Å²) in [6.45, 7) is 0. The number of hydrogen-bond donors (Lipinski definition) is 3. The van der Waals surface area contributed by atoms with Gasteiger partial charge in [0, 0.05) is 5.56 Å². The van der Waals surface area contributed by atoms with Crippen LogP contribution in [0.3, 0.4) is 0 Å². The lowest BCUT2D eigenvalue weighted by atomic mass is 10.1. The number of alkyl halides is 3. The number of aromatic hydroxyl groups is 1. The van der Waals surface area contributed by atoms with Crippen molar-refractivity contribution in [2.45, 2.75) is 12.6 Å². The van der Waals surface area contributed by atoms with Gasteiger partial charge in [-0.2, -0.15) is 13.2 Å². The summed E-state index contributed by atoms with van der Waals surface area (Å²) in [7, 11) is 0. The third kappa shape index (κ3) is 3.34. The number of hydrogen-bond acceptors (Lipinski definition) is 4. The van der Waals surface area contributed by atoms with Gasteiger partial charge in [-0.15, -0.1) is 11.3 Å². The van der Waals surface area contributed by atoms with E-state index in [1.807, 2.05) is 5.43 Å². The predicted octanol–water partition coefficient (Wildman–Crippen LogP) is 2.67. The van der Waals surface area contributed by atoms with E-state index < -0.39 is 17.6 Å². The standard InChI is InChI=1S/C13H11F3N2O2S/c14-13(15,16)9-3-1-7(2-4-9)12-11(20)8(6-21-12)5-10(19)18-17/h1-4,6,20H,5,17H2,(H,18,19). The Morgan fingerprint density at radius 2 is 1.90 bits per heavy atom. The van der Waals surface area contributed by atoms with Crippen molar-refractivity contribution in [3.63, 3.8) is 0 Å². The van der Waals surface area contributed by atoms with Crippen LogP contribution in [0.25, 0.3) is 10.4 Å². The third-order valence-electron chi connectivity index (χ3n) is 2.82. The number of amides is 1. The van der Waals surface area contributed by atoms with Crippen LogP contribution in [0.2, 0.25) is 0 Å². The summed E-state index contributed by atoms with van der Waals surface area (Å²) in [6, 6.07) is 4.45. The highest BCUT2D eigenvalue weighted by Gasteiger charge is 2.30. The summed E-state index contributed by atoms with van der Waals surface area (Å²) < 4.78 is 37.5. The van der Waals surface area contributed by atoms with E-state index in [0.717, 1.165) is 23.5 Å². The molecule has 1 amide bonds. The molecule has 112 valence electrons. The number of carbonyl (C=O) groups excluding carboxylic acids is 1. The van der Waals surface area contributed by atoms with Crippen LogP contribution in [-0.4, -0.2) is 11.0 Å². The zero-order chi connectivity index (χ0) is 15.6. The fourth-order valence-electron chi connectivity index (χ4n) is 1.75. The quantitative estimate of drug-likeness (QED) is 0.463. The minimum atomic E-state index is -4.40. The van der Waals surface area contributed by atoms with E-state index in [9.17, 15) is 23.1 Å². The van der Waals surface area contributed by atoms with Gasteiger partial charge in [-0.3, -0.25) is 10.2 Å². The van der Waals surface area contributed by atoms with Crippen LogP contribution in [-0.2, 0) is 17.4 Å². The van der Waals surface area contributed by atoms with Crippen LogP contribution in [0.5, 0.6) is 5.75 Å². The summed E-state index contributed by atoms with van der Waals surface area (Å²) in [5.41, 5.74) is 2.01. The molecule has 0 aliphatic carbocycles. The number of halogens is 3. The molecule has 0 spiro atoms. The van der Waals surface area contributed by atoms with E-state index in [2.05, 4.69) is 0 Å². The highest BCUT2D eigenvalue weighted by Crippen LogP contribution is 2.39. The van der Waals surface area contributed by atoms with E-state index in [4.69, 9.17) is 5.84 Å². The number of hydrazine groups is 1. The number of nitrogens with one attached hydrogen (secondary N) is 1. The summed E-state index contributed by atoms with van der Waals surface area (Å²) >= 11 is 1.14. The van der Waals surface area contributed by atoms with Gasteiger partial charge in [0.1, 0.15) is 5.75 Å². The van der Waals surface area contributed by atoms with Gasteiger partial charge in [0.25, 0.3) is 0 Å². The van der Waals surface area contributed by atoms with Gasteiger partial charge in [0.05, 0.1) is 16.9 Å². The second kappa shape index (κ2) is 5.74. The molecule has 2 aromatic rings. The molecule has 0 aliphatic rings. The monoisotopic (exact) mass is 316 g/mol. The smallest absolute Gasteiger partial charge is 0.416 e. The van der Waals surface area contributed by atoms with Crippen molar-refractivity contribution in [2.24, 2.45) is 5.84 Å². The Balaban J connectivity index is 2.29. The van der Waals surface area contributed by atoms with Crippen LogP contribution >= 0.6 is 11.3 Å². The normalized spacial score (nSPS) is 11.4. The highest BCUT2D eigenvalue weighted by molar-refractivity contribution is 7.14. The Bertz CT molecular complexity index is 650. The second-order valence-corrected chi connectivity index (χ2v) is 5.14. The molecule has 21 heavy (non-hydrogen) atoms. The maximum absolute atomic E-state index is 12.5. The molecule has 4 N–H and O–H groups in total. The zero-order valence-electron chi connectivity index (χ0n) is 10.6. The molecule has 0 fully saturated rings. The Morgan fingerprint density at radius 3 is 2.43 bits per heavy atom. The first-order chi connectivity index (χ1) is 9.82. The lowest BCUT2D eigenvalue weighted by molar-refractivity contribution is -0.137. The summed E-state index contributed by atoms with van der Waals surface area (Å²) in [4.78, 5) is 11.6. The summed E-state index contributed by atoms with van der Waals surface area (Å²) in [6.07, 6.45) is -4.50. The lowest BCUT2D eigenvalue weighted by Crippen LogP contribution is -2.31. The van der Waals surface area contributed by atoms with Crippen molar-refractivity contribution >= 4 is 17.2 Å².